The first kappa shape index (κ1) is 13.7. The number of hydrogen-bond acceptors (Lipinski definition) is 4. The Labute approximate surface area is 102 Å². The first-order chi connectivity index (χ1) is 8.06. The van der Waals surface area contributed by atoms with E-state index in [-0.39, 0.29) is 5.97 Å². The summed E-state index contributed by atoms with van der Waals surface area (Å²) in [7, 11) is 1.38. The van der Waals surface area contributed by atoms with Crippen molar-refractivity contribution in [3.05, 3.63) is 35.9 Å². The van der Waals surface area contributed by atoms with Crippen molar-refractivity contribution in [2.75, 3.05) is 13.7 Å². The highest BCUT2D eigenvalue weighted by Gasteiger charge is 2.28. The molecule has 1 rings (SSSR count). The summed E-state index contributed by atoms with van der Waals surface area (Å²) in [5.41, 5.74) is 3.28. The fourth-order valence-electron chi connectivity index (χ4n) is 1.29. The van der Waals surface area contributed by atoms with Crippen molar-refractivity contribution < 1.29 is 14.4 Å². The third-order valence-electron chi connectivity index (χ3n) is 2.44. The molecule has 1 aromatic rings. The van der Waals surface area contributed by atoms with Crippen LogP contribution < -0.4 is 5.48 Å². The second-order valence-electron chi connectivity index (χ2n) is 4.47. The van der Waals surface area contributed by atoms with Gasteiger partial charge in [-0.2, -0.15) is 0 Å². The minimum atomic E-state index is -0.592. The molecule has 17 heavy (non-hydrogen) atoms. The zero-order chi connectivity index (χ0) is 12.7. The molecule has 0 atom stereocenters. The highest BCUT2D eigenvalue weighted by atomic mass is 16.6. The predicted molar refractivity (Wildman–Crippen MR) is 65.0 cm³/mol. The number of hydrogen-bond donors (Lipinski definition) is 1. The summed E-state index contributed by atoms with van der Waals surface area (Å²) >= 11 is 0. The van der Waals surface area contributed by atoms with Crippen LogP contribution in [0.4, 0.5) is 0 Å². The molecule has 0 unspecified atom stereocenters. The van der Waals surface area contributed by atoms with E-state index in [0.29, 0.717) is 13.2 Å². The van der Waals surface area contributed by atoms with Crippen molar-refractivity contribution in [3.63, 3.8) is 0 Å². The minimum Gasteiger partial charge on any atom is -0.469 e. The molecular formula is C13H19NO3. The summed E-state index contributed by atoms with van der Waals surface area (Å²) in [5.74, 6) is -0.256. The first-order valence-corrected chi connectivity index (χ1v) is 5.53. The second-order valence-corrected chi connectivity index (χ2v) is 4.47. The van der Waals surface area contributed by atoms with Gasteiger partial charge in [0.1, 0.15) is 0 Å². The third kappa shape index (κ3) is 4.54. The maximum atomic E-state index is 11.4. The van der Waals surface area contributed by atoms with Crippen molar-refractivity contribution in [1.82, 2.24) is 5.48 Å². The van der Waals surface area contributed by atoms with Crippen LogP contribution in [0.25, 0.3) is 0 Å². The number of benzene rings is 1. The van der Waals surface area contributed by atoms with Crippen LogP contribution in [-0.4, -0.2) is 19.6 Å². The Balaban J connectivity index is 2.27. The molecule has 0 fully saturated rings. The van der Waals surface area contributed by atoms with Gasteiger partial charge in [-0.15, -0.1) is 0 Å². The van der Waals surface area contributed by atoms with Crippen LogP contribution in [0.15, 0.2) is 30.3 Å². The van der Waals surface area contributed by atoms with Gasteiger partial charge in [-0.25, -0.2) is 5.48 Å². The molecule has 0 heterocycles. The number of rotatable bonds is 6. The van der Waals surface area contributed by atoms with Gasteiger partial charge in [0.2, 0.25) is 0 Å². The summed E-state index contributed by atoms with van der Waals surface area (Å²) in [6.45, 7) is 4.49. The van der Waals surface area contributed by atoms with Crippen molar-refractivity contribution in [2.45, 2.75) is 20.5 Å². The van der Waals surface area contributed by atoms with E-state index in [9.17, 15) is 4.79 Å². The number of carbonyl (C=O) groups is 1. The zero-order valence-electron chi connectivity index (χ0n) is 10.5. The molecule has 0 aromatic heterocycles. The molecule has 0 aliphatic rings. The lowest BCUT2D eigenvalue weighted by molar-refractivity contribution is -0.152. The smallest absolute Gasteiger partial charge is 0.312 e. The molecule has 0 saturated carbocycles. The van der Waals surface area contributed by atoms with E-state index in [2.05, 4.69) is 5.48 Å². The van der Waals surface area contributed by atoms with E-state index in [4.69, 9.17) is 9.57 Å². The Kier molecular flexibility index (Phi) is 5.12. The number of hydroxylamine groups is 1. The van der Waals surface area contributed by atoms with Crippen LogP contribution in [0.2, 0.25) is 0 Å². The summed E-state index contributed by atoms with van der Waals surface area (Å²) in [6.07, 6.45) is 0. The largest absolute Gasteiger partial charge is 0.469 e. The van der Waals surface area contributed by atoms with Gasteiger partial charge in [0.05, 0.1) is 19.1 Å². The van der Waals surface area contributed by atoms with E-state index < -0.39 is 5.41 Å². The Morgan fingerprint density at radius 1 is 1.29 bits per heavy atom. The number of esters is 1. The molecule has 1 N–H and O–H groups in total. The van der Waals surface area contributed by atoms with E-state index in [1.165, 1.54) is 7.11 Å². The van der Waals surface area contributed by atoms with Crippen molar-refractivity contribution in [1.29, 1.82) is 0 Å². The Hall–Kier alpha value is -1.39. The number of methoxy groups -OCH3 is 1. The quantitative estimate of drug-likeness (QED) is 0.466. The van der Waals surface area contributed by atoms with E-state index >= 15 is 0 Å². The van der Waals surface area contributed by atoms with Crippen LogP contribution in [0.5, 0.6) is 0 Å². The molecule has 0 radical (unpaired) electrons. The standard InChI is InChI=1S/C13H19NO3/c1-13(2,12(15)16-3)10-14-17-9-11-7-5-4-6-8-11/h4-8,14H,9-10H2,1-3H3. The molecular weight excluding hydrogens is 218 g/mol. The Morgan fingerprint density at radius 2 is 1.94 bits per heavy atom. The monoisotopic (exact) mass is 237 g/mol. The van der Waals surface area contributed by atoms with Gasteiger partial charge in [0.25, 0.3) is 0 Å². The van der Waals surface area contributed by atoms with Gasteiger partial charge in [0, 0.05) is 6.54 Å². The Bertz CT molecular complexity index is 349. The van der Waals surface area contributed by atoms with Crippen molar-refractivity contribution in [3.8, 4) is 0 Å². The van der Waals surface area contributed by atoms with E-state index in [0.717, 1.165) is 5.56 Å². The lowest BCUT2D eigenvalue weighted by Crippen LogP contribution is -2.36. The van der Waals surface area contributed by atoms with Gasteiger partial charge in [0.15, 0.2) is 0 Å². The highest BCUT2D eigenvalue weighted by Crippen LogP contribution is 2.15. The summed E-state index contributed by atoms with van der Waals surface area (Å²) in [6, 6.07) is 9.83. The van der Waals surface area contributed by atoms with Crippen LogP contribution in [0, 0.1) is 5.41 Å². The maximum Gasteiger partial charge on any atom is 0.312 e. The fraction of sp³-hybridized carbons (Fsp3) is 0.462. The van der Waals surface area contributed by atoms with Crippen LogP contribution in [-0.2, 0) is 21.0 Å². The summed E-state index contributed by atoms with van der Waals surface area (Å²) in [5, 5.41) is 0. The Morgan fingerprint density at radius 3 is 2.53 bits per heavy atom. The topological polar surface area (TPSA) is 47.6 Å². The minimum absolute atomic E-state index is 0.256. The average molecular weight is 237 g/mol. The molecule has 4 nitrogen and oxygen atoms in total. The van der Waals surface area contributed by atoms with E-state index in [1.807, 2.05) is 30.3 Å². The number of nitrogens with one attached hydrogen (secondary N) is 1. The average Bonchev–Trinajstić information content (AvgIpc) is 2.35. The lowest BCUT2D eigenvalue weighted by atomic mass is 9.94. The SMILES string of the molecule is COC(=O)C(C)(C)CNOCc1ccccc1. The zero-order valence-corrected chi connectivity index (χ0v) is 10.5. The molecule has 0 aliphatic carbocycles. The summed E-state index contributed by atoms with van der Waals surface area (Å²) < 4.78 is 4.70. The normalized spacial score (nSPS) is 11.2. The second kappa shape index (κ2) is 6.37. The van der Waals surface area contributed by atoms with Gasteiger partial charge in [-0.3, -0.25) is 9.63 Å². The molecule has 0 bridgehead atoms. The van der Waals surface area contributed by atoms with E-state index in [1.54, 1.807) is 13.8 Å². The molecule has 0 amide bonds. The molecule has 0 saturated heterocycles. The maximum absolute atomic E-state index is 11.4. The molecule has 0 spiro atoms. The molecule has 4 heteroatoms. The third-order valence-corrected chi connectivity index (χ3v) is 2.44. The molecule has 1 aromatic carbocycles. The lowest BCUT2D eigenvalue weighted by Gasteiger charge is -2.21. The first-order valence-electron chi connectivity index (χ1n) is 5.53. The van der Waals surface area contributed by atoms with Gasteiger partial charge < -0.3 is 4.74 Å². The predicted octanol–water partition coefficient (Wildman–Crippen LogP) is 1.91. The molecule has 94 valence electrons. The van der Waals surface area contributed by atoms with Gasteiger partial charge in [-0.1, -0.05) is 30.3 Å². The van der Waals surface area contributed by atoms with Gasteiger partial charge in [-0.05, 0) is 19.4 Å². The van der Waals surface area contributed by atoms with Crippen LogP contribution in [0.3, 0.4) is 0 Å². The molecule has 0 aliphatic heterocycles. The van der Waals surface area contributed by atoms with Gasteiger partial charge >= 0.3 is 5.97 Å². The highest BCUT2D eigenvalue weighted by molar-refractivity contribution is 5.75. The van der Waals surface area contributed by atoms with Crippen molar-refractivity contribution >= 4 is 5.97 Å². The summed E-state index contributed by atoms with van der Waals surface area (Å²) in [4.78, 5) is 16.7. The fourth-order valence-corrected chi connectivity index (χ4v) is 1.29. The van der Waals surface area contributed by atoms with Crippen molar-refractivity contribution in [2.24, 2.45) is 5.41 Å². The number of ether oxygens (including phenoxy) is 1. The number of carbonyl (C=O) groups excluding carboxylic acids is 1. The van der Waals surface area contributed by atoms with Crippen LogP contribution in [0.1, 0.15) is 19.4 Å². The van der Waals surface area contributed by atoms with Crippen LogP contribution >= 0.6 is 0 Å².